The molecular formula is C13H20ClN3O5. The largest absolute Gasteiger partial charge is 0.484 e. The van der Waals surface area contributed by atoms with Crippen LogP contribution in [-0.2, 0) is 9.53 Å². The Morgan fingerprint density at radius 2 is 1.91 bits per heavy atom. The predicted octanol–water partition coefficient (Wildman–Crippen LogP) is 0.748. The van der Waals surface area contributed by atoms with Gasteiger partial charge in [-0.15, -0.1) is 12.4 Å². The molecule has 1 aromatic carbocycles. The number of carbonyl (C=O) groups is 1. The lowest BCUT2D eigenvalue weighted by molar-refractivity contribution is -0.384. The number of non-ortho nitro benzene ring substituents is 1. The topological polar surface area (TPSA) is 103 Å². The van der Waals surface area contributed by atoms with Gasteiger partial charge in [0.1, 0.15) is 5.75 Å². The number of ether oxygens (including phenoxy) is 2. The number of nitrogens with one attached hydrogen (secondary N) is 2. The molecule has 0 unspecified atom stereocenters. The van der Waals surface area contributed by atoms with Crippen molar-refractivity contribution in [1.82, 2.24) is 10.6 Å². The van der Waals surface area contributed by atoms with Crippen LogP contribution in [0.3, 0.4) is 0 Å². The van der Waals surface area contributed by atoms with E-state index in [0.717, 1.165) is 6.54 Å². The highest BCUT2D eigenvalue weighted by molar-refractivity contribution is 5.85. The number of halogens is 1. The van der Waals surface area contributed by atoms with E-state index >= 15 is 0 Å². The molecule has 9 heteroatoms. The van der Waals surface area contributed by atoms with Crippen molar-refractivity contribution in [3.8, 4) is 5.75 Å². The first-order valence-corrected chi connectivity index (χ1v) is 6.47. The van der Waals surface area contributed by atoms with E-state index in [1.165, 1.54) is 24.3 Å². The van der Waals surface area contributed by atoms with Crippen LogP contribution in [0.2, 0.25) is 0 Å². The minimum Gasteiger partial charge on any atom is -0.484 e. The number of rotatable bonds is 10. The average Bonchev–Trinajstić information content (AvgIpc) is 2.49. The molecule has 1 rings (SSSR count). The molecule has 0 radical (unpaired) electrons. The van der Waals surface area contributed by atoms with E-state index in [9.17, 15) is 14.9 Å². The summed E-state index contributed by atoms with van der Waals surface area (Å²) in [5.41, 5.74) is -0.0195. The van der Waals surface area contributed by atoms with Crippen LogP contribution in [0.4, 0.5) is 5.69 Å². The van der Waals surface area contributed by atoms with Crippen molar-refractivity contribution in [3.63, 3.8) is 0 Å². The van der Waals surface area contributed by atoms with E-state index in [0.29, 0.717) is 25.4 Å². The molecule has 0 aromatic heterocycles. The second-order valence-electron chi connectivity index (χ2n) is 4.13. The van der Waals surface area contributed by atoms with Gasteiger partial charge in [0.05, 0.1) is 11.5 Å². The molecule has 0 heterocycles. The zero-order valence-corrected chi connectivity index (χ0v) is 13.1. The summed E-state index contributed by atoms with van der Waals surface area (Å²) in [6.07, 6.45) is 0. The first-order valence-electron chi connectivity index (χ1n) is 6.47. The maximum absolute atomic E-state index is 11.5. The Bertz CT molecular complexity index is 455. The molecule has 124 valence electrons. The number of hydrogen-bond donors (Lipinski definition) is 2. The lowest BCUT2D eigenvalue weighted by Gasteiger charge is -2.08. The first-order chi connectivity index (χ1) is 10.1. The summed E-state index contributed by atoms with van der Waals surface area (Å²) in [6, 6.07) is 5.56. The fraction of sp³-hybridized carbons (Fsp3) is 0.462. The highest BCUT2D eigenvalue weighted by Gasteiger charge is 2.06. The Morgan fingerprint density at radius 1 is 1.23 bits per heavy atom. The van der Waals surface area contributed by atoms with E-state index in [4.69, 9.17) is 9.47 Å². The molecule has 2 N–H and O–H groups in total. The smallest absolute Gasteiger partial charge is 0.269 e. The summed E-state index contributed by atoms with van der Waals surface area (Å²) >= 11 is 0. The van der Waals surface area contributed by atoms with Gasteiger partial charge in [-0.1, -0.05) is 0 Å². The molecule has 0 saturated carbocycles. The summed E-state index contributed by atoms with van der Waals surface area (Å²) in [6.45, 7) is 2.36. The highest BCUT2D eigenvalue weighted by Crippen LogP contribution is 2.16. The third-order valence-corrected chi connectivity index (χ3v) is 2.52. The zero-order chi connectivity index (χ0) is 15.5. The second-order valence-corrected chi connectivity index (χ2v) is 4.13. The molecule has 0 aliphatic heterocycles. The lowest BCUT2D eigenvalue weighted by Crippen LogP contribution is -2.35. The molecule has 8 nitrogen and oxygen atoms in total. The van der Waals surface area contributed by atoms with Gasteiger partial charge in [0.2, 0.25) is 0 Å². The summed E-state index contributed by atoms with van der Waals surface area (Å²) in [5.74, 6) is 0.163. The van der Waals surface area contributed by atoms with E-state index in [1.54, 1.807) is 7.11 Å². The average molecular weight is 334 g/mol. The van der Waals surface area contributed by atoms with Crippen LogP contribution in [0, 0.1) is 10.1 Å². The number of benzene rings is 1. The minimum atomic E-state index is -0.493. The summed E-state index contributed by atoms with van der Waals surface area (Å²) in [7, 11) is 1.62. The normalized spacial score (nSPS) is 9.68. The summed E-state index contributed by atoms with van der Waals surface area (Å²) in [5, 5.41) is 16.2. The Morgan fingerprint density at radius 3 is 2.50 bits per heavy atom. The van der Waals surface area contributed by atoms with Gasteiger partial charge < -0.3 is 20.1 Å². The second kappa shape index (κ2) is 11.7. The number of nitro benzene ring substituents is 1. The molecule has 0 bridgehead atoms. The van der Waals surface area contributed by atoms with Crippen molar-refractivity contribution in [1.29, 1.82) is 0 Å². The van der Waals surface area contributed by atoms with Crippen molar-refractivity contribution < 1.29 is 19.2 Å². The lowest BCUT2D eigenvalue weighted by atomic mass is 10.3. The third-order valence-electron chi connectivity index (χ3n) is 2.52. The van der Waals surface area contributed by atoms with Gasteiger partial charge >= 0.3 is 0 Å². The fourth-order valence-electron chi connectivity index (χ4n) is 1.45. The molecule has 0 atom stereocenters. The molecule has 22 heavy (non-hydrogen) atoms. The number of amides is 1. The van der Waals surface area contributed by atoms with Crippen LogP contribution in [0.1, 0.15) is 0 Å². The molecule has 0 saturated heterocycles. The molecule has 0 aliphatic carbocycles. The van der Waals surface area contributed by atoms with Crippen molar-refractivity contribution in [3.05, 3.63) is 34.4 Å². The van der Waals surface area contributed by atoms with Gasteiger partial charge in [0, 0.05) is 38.9 Å². The molecule has 0 aliphatic rings. The summed E-state index contributed by atoms with van der Waals surface area (Å²) in [4.78, 5) is 21.5. The fourth-order valence-corrected chi connectivity index (χ4v) is 1.45. The van der Waals surface area contributed by atoms with Crippen molar-refractivity contribution in [2.24, 2.45) is 0 Å². The number of hydrogen-bond acceptors (Lipinski definition) is 6. The van der Waals surface area contributed by atoms with E-state index < -0.39 is 4.92 Å². The van der Waals surface area contributed by atoms with Crippen LogP contribution in [0.5, 0.6) is 5.75 Å². The minimum absolute atomic E-state index is 0. The van der Waals surface area contributed by atoms with Gasteiger partial charge in [0.15, 0.2) is 6.61 Å². The first kappa shape index (κ1) is 20.1. The van der Waals surface area contributed by atoms with Crippen molar-refractivity contribution in [2.75, 3.05) is 40.0 Å². The van der Waals surface area contributed by atoms with Crippen LogP contribution in [0.15, 0.2) is 24.3 Å². The van der Waals surface area contributed by atoms with E-state index in [2.05, 4.69) is 10.6 Å². The van der Waals surface area contributed by atoms with Crippen LogP contribution in [-0.4, -0.2) is 50.8 Å². The molecule has 0 spiro atoms. The van der Waals surface area contributed by atoms with Gasteiger partial charge in [-0.2, -0.15) is 0 Å². The monoisotopic (exact) mass is 333 g/mol. The van der Waals surface area contributed by atoms with E-state index in [-0.39, 0.29) is 30.6 Å². The van der Waals surface area contributed by atoms with Crippen molar-refractivity contribution in [2.45, 2.75) is 0 Å². The Labute approximate surface area is 134 Å². The van der Waals surface area contributed by atoms with E-state index in [1.807, 2.05) is 0 Å². The molecular weight excluding hydrogens is 314 g/mol. The SMILES string of the molecule is COCCNCCNC(=O)COc1ccc([N+](=O)[O-])cc1.Cl. The third kappa shape index (κ3) is 8.40. The number of methoxy groups -OCH3 is 1. The molecule has 0 fully saturated rings. The quantitative estimate of drug-likeness (QED) is 0.372. The predicted molar refractivity (Wildman–Crippen MR) is 83.6 cm³/mol. The van der Waals surface area contributed by atoms with Crippen molar-refractivity contribution >= 4 is 24.0 Å². The maximum atomic E-state index is 11.5. The Balaban J connectivity index is 0.00000441. The Kier molecular flexibility index (Phi) is 10.7. The molecule has 1 aromatic rings. The van der Waals surface area contributed by atoms with Gasteiger partial charge in [-0.05, 0) is 12.1 Å². The number of nitrogens with zero attached hydrogens (tertiary/aromatic N) is 1. The molecule has 1 amide bonds. The van der Waals surface area contributed by atoms with Gasteiger partial charge in [0.25, 0.3) is 11.6 Å². The highest BCUT2D eigenvalue weighted by atomic mass is 35.5. The van der Waals surface area contributed by atoms with Gasteiger partial charge in [-0.3, -0.25) is 14.9 Å². The maximum Gasteiger partial charge on any atom is 0.269 e. The van der Waals surface area contributed by atoms with Gasteiger partial charge in [-0.25, -0.2) is 0 Å². The summed E-state index contributed by atoms with van der Waals surface area (Å²) < 4.78 is 10.1. The number of nitro groups is 1. The van der Waals surface area contributed by atoms with Crippen LogP contribution >= 0.6 is 12.4 Å². The standard InChI is InChI=1S/C13H19N3O5.ClH/c1-20-9-8-14-6-7-15-13(17)10-21-12-4-2-11(3-5-12)16(18)19;/h2-5,14H,6-10H2,1H3,(H,15,17);1H. The zero-order valence-electron chi connectivity index (χ0n) is 12.2. The van der Waals surface area contributed by atoms with Crippen LogP contribution < -0.4 is 15.4 Å². The Hall–Kier alpha value is -1.90. The van der Waals surface area contributed by atoms with Crippen LogP contribution in [0.25, 0.3) is 0 Å². The number of carbonyl (C=O) groups excluding carboxylic acids is 1.